The van der Waals surface area contributed by atoms with Gasteiger partial charge in [0.15, 0.2) is 8.32 Å². The third-order valence-corrected chi connectivity index (χ3v) is 10.5. The molecule has 2 aliphatic rings. The lowest BCUT2D eigenvalue weighted by Gasteiger charge is -2.48. The summed E-state index contributed by atoms with van der Waals surface area (Å²) in [7, 11) is -2.96. The molecule has 0 spiro atoms. The summed E-state index contributed by atoms with van der Waals surface area (Å²) in [6.07, 6.45) is -4.38. The summed E-state index contributed by atoms with van der Waals surface area (Å²) < 4.78 is 95.5. The van der Waals surface area contributed by atoms with E-state index in [9.17, 15) is 31.1 Å². The van der Waals surface area contributed by atoms with Crippen LogP contribution >= 0.6 is 0 Å². The number of Topliss-reactive ketones (excluding diaryl/α,β-unsaturated/α-hetero) is 1. The number of allylic oxidation sites excluding steroid dienone is 1. The average Bonchev–Trinajstić information content (AvgIpc) is 3.09. The minimum atomic E-state index is -5.67. The lowest BCUT2D eigenvalue weighted by molar-refractivity contribution is -0.340. The van der Waals surface area contributed by atoms with Crippen LogP contribution in [0.3, 0.4) is 0 Å². The monoisotopic (exact) mass is 600 g/mol. The second-order valence-corrected chi connectivity index (χ2v) is 18.7. The molecule has 11 heteroatoms. The lowest BCUT2D eigenvalue weighted by Crippen LogP contribution is -2.61. The predicted molar refractivity (Wildman–Crippen MR) is 145 cm³/mol. The van der Waals surface area contributed by atoms with Crippen LogP contribution in [0.2, 0.25) is 26.2 Å². The van der Waals surface area contributed by atoms with Gasteiger partial charge in [0.2, 0.25) is 9.76 Å². The lowest BCUT2D eigenvalue weighted by atomic mass is 9.56. The Morgan fingerprint density at radius 2 is 1.62 bits per heavy atom. The van der Waals surface area contributed by atoms with E-state index in [0.29, 0.717) is 35.4 Å². The van der Waals surface area contributed by atoms with Crippen molar-refractivity contribution < 1.29 is 40.0 Å². The Labute approximate surface area is 233 Å². The highest BCUT2D eigenvalue weighted by molar-refractivity contribution is 6.69. The van der Waals surface area contributed by atoms with Gasteiger partial charge in [0, 0.05) is 12.3 Å². The summed E-state index contributed by atoms with van der Waals surface area (Å²) in [5, 5.41) is 0. The largest absolute Gasteiger partial charge is 0.429 e. The van der Waals surface area contributed by atoms with Gasteiger partial charge in [-0.2, -0.15) is 26.3 Å². The molecule has 0 heterocycles. The molecule has 0 N–H and O–H groups in total. The Hall–Kier alpha value is -0.656. The van der Waals surface area contributed by atoms with Gasteiger partial charge in [-0.15, -0.1) is 0 Å². The summed E-state index contributed by atoms with van der Waals surface area (Å²) in [4.78, 5) is 12.8. The Morgan fingerprint density at radius 3 is 2.13 bits per heavy atom. The third-order valence-electron chi connectivity index (χ3n) is 8.86. The molecular weight excluding hydrogens is 554 g/mol. The standard InChI is InChI=1S/C28H46F6O3Si2/c1-23(2,36-38-5)15-10-16-24(3,22-14-13-20-21(35)12-9-18-25(20,22)4)17-11-19-26(27(29,30)31,28(32,33)34)37-39(6,7)8/h11,19-20,22H,9-10,12-18H2,1-8H3/b19-11-/t20?,22?,24?,25-/m0/s1. The minimum absolute atomic E-state index is 0.00469. The molecule has 39 heavy (non-hydrogen) atoms. The first-order valence-corrected chi connectivity index (χ1v) is 18.7. The average molecular weight is 601 g/mol. The second kappa shape index (κ2) is 11.9. The molecule has 4 atom stereocenters. The van der Waals surface area contributed by atoms with Crippen molar-refractivity contribution in [1.29, 1.82) is 0 Å². The van der Waals surface area contributed by atoms with Crippen LogP contribution in [0.4, 0.5) is 26.3 Å². The van der Waals surface area contributed by atoms with E-state index in [2.05, 4.69) is 6.92 Å². The zero-order valence-electron chi connectivity index (χ0n) is 24.7. The number of rotatable bonds is 12. The molecule has 0 aliphatic heterocycles. The van der Waals surface area contributed by atoms with Gasteiger partial charge in [0.1, 0.15) is 5.78 Å². The molecule has 0 aromatic rings. The van der Waals surface area contributed by atoms with Crippen LogP contribution in [0.1, 0.15) is 85.5 Å². The molecule has 2 fully saturated rings. The number of ketones is 1. The summed E-state index contributed by atoms with van der Waals surface area (Å²) in [6.45, 7) is 13.9. The maximum atomic E-state index is 14.1. The second-order valence-electron chi connectivity index (χ2n) is 13.6. The van der Waals surface area contributed by atoms with Crippen molar-refractivity contribution in [2.75, 3.05) is 0 Å². The van der Waals surface area contributed by atoms with E-state index in [1.807, 2.05) is 27.3 Å². The van der Waals surface area contributed by atoms with Gasteiger partial charge in [0.05, 0.1) is 5.60 Å². The Morgan fingerprint density at radius 1 is 1.03 bits per heavy atom. The van der Waals surface area contributed by atoms with Crippen LogP contribution in [0.25, 0.3) is 0 Å². The smallest absolute Gasteiger partial charge is 0.413 e. The molecule has 0 saturated heterocycles. The summed E-state index contributed by atoms with van der Waals surface area (Å²) in [5.74, 6) is 0.143. The Balaban J connectivity index is 2.47. The first-order valence-electron chi connectivity index (χ1n) is 13.9. The van der Waals surface area contributed by atoms with Crippen LogP contribution in [0, 0.1) is 22.7 Å². The molecular formula is C28H46F6O3Si2. The normalized spacial score (nSPS) is 27.2. The van der Waals surface area contributed by atoms with Crippen molar-refractivity contribution in [1.82, 2.24) is 0 Å². The number of hydrogen-bond acceptors (Lipinski definition) is 3. The fourth-order valence-electron chi connectivity index (χ4n) is 7.22. The first kappa shape index (κ1) is 34.5. The van der Waals surface area contributed by atoms with Crippen molar-refractivity contribution in [3.8, 4) is 0 Å². The Bertz CT molecular complexity index is 866. The van der Waals surface area contributed by atoms with E-state index in [1.54, 1.807) is 0 Å². The molecule has 0 bridgehead atoms. The summed E-state index contributed by atoms with van der Waals surface area (Å²) in [5.41, 5.74) is -5.63. The highest BCUT2D eigenvalue weighted by Gasteiger charge is 2.71. The van der Waals surface area contributed by atoms with Gasteiger partial charge in [-0.25, -0.2) is 0 Å². The van der Waals surface area contributed by atoms with Gasteiger partial charge in [0.25, 0.3) is 5.60 Å². The molecule has 2 aliphatic carbocycles. The van der Waals surface area contributed by atoms with E-state index in [4.69, 9.17) is 8.85 Å². The molecule has 0 amide bonds. The molecule has 226 valence electrons. The Kier molecular flexibility index (Phi) is 10.6. The molecule has 2 radical (unpaired) electrons. The van der Waals surface area contributed by atoms with Crippen molar-refractivity contribution in [3.05, 3.63) is 12.2 Å². The summed E-state index contributed by atoms with van der Waals surface area (Å²) in [6, 6.07) is 0. The molecule has 2 rings (SSSR count). The van der Waals surface area contributed by atoms with Gasteiger partial charge in [-0.05, 0) is 108 Å². The molecule has 3 nitrogen and oxygen atoms in total. The van der Waals surface area contributed by atoms with Gasteiger partial charge in [-0.3, -0.25) is 4.79 Å². The van der Waals surface area contributed by atoms with Gasteiger partial charge >= 0.3 is 12.4 Å². The van der Waals surface area contributed by atoms with Crippen LogP contribution in [0.5, 0.6) is 0 Å². The predicted octanol–water partition coefficient (Wildman–Crippen LogP) is 9.07. The van der Waals surface area contributed by atoms with Crippen molar-refractivity contribution in [3.63, 3.8) is 0 Å². The zero-order valence-corrected chi connectivity index (χ0v) is 26.7. The quantitative estimate of drug-likeness (QED) is 0.127. The van der Waals surface area contributed by atoms with Crippen LogP contribution in [-0.2, 0) is 13.6 Å². The number of hydrogen-bond donors (Lipinski definition) is 0. The van der Waals surface area contributed by atoms with Crippen LogP contribution < -0.4 is 0 Å². The molecule has 3 unspecified atom stereocenters. The molecule has 2 saturated carbocycles. The van der Waals surface area contributed by atoms with Crippen molar-refractivity contribution in [2.45, 2.75) is 135 Å². The van der Waals surface area contributed by atoms with Crippen LogP contribution in [-0.4, -0.2) is 47.4 Å². The zero-order chi connectivity index (χ0) is 30.1. The fourth-order valence-corrected chi connectivity index (χ4v) is 9.14. The van der Waals surface area contributed by atoms with Crippen molar-refractivity contribution in [2.24, 2.45) is 22.7 Å². The first-order chi connectivity index (χ1) is 17.5. The van der Waals surface area contributed by atoms with Crippen LogP contribution in [0.15, 0.2) is 12.2 Å². The molecule has 0 aromatic carbocycles. The highest BCUT2D eigenvalue weighted by atomic mass is 28.4. The number of fused-ring (bicyclic) bond motifs is 1. The van der Waals surface area contributed by atoms with E-state index >= 15 is 0 Å². The number of halogens is 6. The van der Waals surface area contributed by atoms with E-state index in [0.717, 1.165) is 31.8 Å². The van der Waals surface area contributed by atoms with E-state index < -0.39 is 31.7 Å². The van der Waals surface area contributed by atoms with Gasteiger partial charge in [-0.1, -0.05) is 26.3 Å². The molecule has 0 aromatic heterocycles. The highest BCUT2D eigenvalue weighted by Crippen LogP contribution is 2.62. The van der Waals surface area contributed by atoms with Crippen molar-refractivity contribution >= 4 is 23.9 Å². The summed E-state index contributed by atoms with van der Waals surface area (Å²) >= 11 is 0. The maximum absolute atomic E-state index is 14.1. The number of carbonyl (C=O) groups is 1. The number of alkyl halides is 6. The third kappa shape index (κ3) is 7.80. The SMILES string of the molecule is C[Si]OC(C)(C)CCCC(C)(C/C=C\C(O[Si](C)(C)C)(C(F)(F)F)C(F)(F)F)C1CCC2C(=O)CCC[C@@]21C. The van der Waals surface area contributed by atoms with E-state index in [1.165, 1.54) is 19.6 Å². The van der Waals surface area contributed by atoms with Gasteiger partial charge < -0.3 is 8.85 Å². The fraction of sp³-hybridized carbons (Fsp3) is 0.893. The number of carbonyl (C=O) groups excluding carboxylic acids is 1. The minimum Gasteiger partial charge on any atom is -0.413 e. The maximum Gasteiger partial charge on any atom is 0.429 e. The topological polar surface area (TPSA) is 35.5 Å². The van der Waals surface area contributed by atoms with E-state index in [-0.39, 0.29) is 41.1 Å².